The highest BCUT2D eigenvalue weighted by atomic mass is 16.7. The Bertz CT molecular complexity index is 690. The van der Waals surface area contributed by atoms with Crippen molar-refractivity contribution >= 4 is 12.6 Å². The summed E-state index contributed by atoms with van der Waals surface area (Å²) in [5.41, 5.74) is 3.77. The van der Waals surface area contributed by atoms with Crippen molar-refractivity contribution in [3.8, 4) is 5.69 Å². The zero-order valence-corrected chi connectivity index (χ0v) is 14.2. The summed E-state index contributed by atoms with van der Waals surface area (Å²) in [6, 6.07) is 6.36. The molecule has 1 saturated heterocycles. The summed E-state index contributed by atoms with van der Waals surface area (Å²) >= 11 is 0. The van der Waals surface area contributed by atoms with Crippen LogP contribution in [-0.2, 0) is 9.31 Å². The van der Waals surface area contributed by atoms with Gasteiger partial charge in [0.05, 0.1) is 16.9 Å². The summed E-state index contributed by atoms with van der Waals surface area (Å²) in [7, 11) is -0.371. The maximum absolute atomic E-state index is 6.08. The Balaban J connectivity index is 1.91. The number of aryl methyl sites for hydroxylation is 2. The van der Waals surface area contributed by atoms with Crippen molar-refractivity contribution in [2.75, 3.05) is 0 Å². The highest BCUT2D eigenvalue weighted by molar-refractivity contribution is 6.62. The molecule has 0 atom stereocenters. The summed E-state index contributed by atoms with van der Waals surface area (Å²) < 4.78 is 14.0. The van der Waals surface area contributed by atoms with Crippen LogP contribution in [0.1, 0.15) is 38.8 Å². The average molecular weight is 298 g/mol. The number of rotatable bonds is 2. The number of benzene rings is 1. The maximum atomic E-state index is 6.08. The molecule has 22 heavy (non-hydrogen) atoms. The fourth-order valence-electron chi connectivity index (χ4n) is 2.54. The van der Waals surface area contributed by atoms with Crippen LogP contribution in [0.2, 0.25) is 0 Å². The van der Waals surface area contributed by atoms with Gasteiger partial charge in [-0.1, -0.05) is 12.1 Å². The van der Waals surface area contributed by atoms with Gasteiger partial charge in [0.2, 0.25) is 0 Å². The van der Waals surface area contributed by atoms with E-state index in [1.807, 2.05) is 17.1 Å². The van der Waals surface area contributed by atoms with E-state index < -0.39 is 0 Å². The lowest BCUT2D eigenvalue weighted by Gasteiger charge is -2.32. The molecule has 2 aromatic rings. The van der Waals surface area contributed by atoms with Gasteiger partial charge in [-0.25, -0.2) is 4.68 Å². The molecule has 4 nitrogen and oxygen atoms in total. The number of nitrogens with zero attached hydrogens (tertiary/aromatic N) is 2. The first kappa shape index (κ1) is 15.3. The van der Waals surface area contributed by atoms with Crippen molar-refractivity contribution in [3.63, 3.8) is 0 Å². The van der Waals surface area contributed by atoms with Crippen molar-refractivity contribution < 1.29 is 9.31 Å². The first-order valence-electron chi connectivity index (χ1n) is 7.67. The predicted octanol–water partition coefficient (Wildman–Crippen LogP) is 2.79. The van der Waals surface area contributed by atoms with Gasteiger partial charge in [0.25, 0.3) is 0 Å². The second-order valence-corrected chi connectivity index (χ2v) is 7.10. The van der Waals surface area contributed by atoms with Gasteiger partial charge in [0.15, 0.2) is 0 Å². The van der Waals surface area contributed by atoms with Crippen LogP contribution in [0.3, 0.4) is 0 Å². The smallest absolute Gasteiger partial charge is 0.399 e. The number of hydrogen-bond donors (Lipinski definition) is 0. The molecule has 116 valence electrons. The topological polar surface area (TPSA) is 36.3 Å². The standard InChI is InChI=1S/C17H23BN2O2/c1-12-7-8-13(2)15(9-12)20-11-14(10-19-20)18-21-16(3,4)17(5,6)22-18/h7-11H,1-6H3. The van der Waals surface area contributed by atoms with Crippen molar-refractivity contribution in [1.82, 2.24) is 9.78 Å². The Hall–Kier alpha value is -1.59. The van der Waals surface area contributed by atoms with E-state index in [-0.39, 0.29) is 18.3 Å². The molecule has 0 amide bonds. The van der Waals surface area contributed by atoms with E-state index in [9.17, 15) is 0 Å². The SMILES string of the molecule is Cc1ccc(C)c(-n2cc(B3OC(C)(C)C(C)(C)O3)cn2)c1. The quantitative estimate of drug-likeness (QED) is 0.800. The molecule has 0 aliphatic carbocycles. The lowest BCUT2D eigenvalue weighted by atomic mass is 9.82. The van der Waals surface area contributed by atoms with Gasteiger partial charge in [0, 0.05) is 17.9 Å². The lowest BCUT2D eigenvalue weighted by molar-refractivity contribution is 0.00578. The fraction of sp³-hybridized carbons (Fsp3) is 0.471. The largest absolute Gasteiger partial charge is 0.498 e. The van der Waals surface area contributed by atoms with E-state index in [4.69, 9.17) is 9.31 Å². The highest BCUT2D eigenvalue weighted by Gasteiger charge is 2.52. The summed E-state index contributed by atoms with van der Waals surface area (Å²) in [6.07, 6.45) is 3.81. The predicted molar refractivity (Wildman–Crippen MR) is 88.8 cm³/mol. The van der Waals surface area contributed by atoms with Gasteiger partial charge < -0.3 is 9.31 Å². The third-order valence-corrected chi connectivity index (χ3v) is 4.74. The van der Waals surface area contributed by atoms with E-state index in [0.29, 0.717) is 0 Å². The molecular formula is C17H23BN2O2. The van der Waals surface area contributed by atoms with Crippen LogP contribution in [0.4, 0.5) is 0 Å². The lowest BCUT2D eigenvalue weighted by Crippen LogP contribution is -2.41. The minimum Gasteiger partial charge on any atom is -0.399 e. The van der Waals surface area contributed by atoms with Gasteiger partial charge in [-0.15, -0.1) is 0 Å². The molecule has 0 N–H and O–H groups in total. The third kappa shape index (κ3) is 2.48. The zero-order chi connectivity index (χ0) is 16.1. The summed E-state index contributed by atoms with van der Waals surface area (Å²) in [6.45, 7) is 12.4. The molecule has 1 aromatic heterocycles. The molecule has 3 rings (SSSR count). The van der Waals surface area contributed by atoms with Crippen LogP contribution in [0, 0.1) is 13.8 Å². The molecule has 0 bridgehead atoms. The minimum absolute atomic E-state index is 0.334. The van der Waals surface area contributed by atoms with Crippen LogP contribution in [0.15, 0.2) is 30.6 Å². The number of hydrogen-bond acceptors (Lipinski definition) is 3. The summed E-state index contributed by atoms with van der Waals surface area (Å²) in [4.78, 5) is 0. The normalized spacial score (nSPS) is 19.6. The Labute approximate surface area is 132 Å². The fourth-order valence-corrected chi connectivity index (χ4v) is 2.54. The molecule has 1 aromatic carbocycles. The monoisotopic (exact) mass is 298 g/mol. The first-order valence-corrected chi connectivity index (χ1v) is 7.67. The average Bonchev–Trinajstić information content (AvgIpc) is 2.96. The van der Waals surface area contributed by atoms with Crippen LogP contribution < -0.4 is 5.46 Å². The minimum atomic E-state index is -0.371. The van der Waals surface area contributed by atoms with E-state index in [2.05, 4.69) is 64.8 Å². The molecule has 5 heteroatoms. The Morgan fingerprint density at radius 3 is 2.32 bits per heavy atom. The molecule has 1 aliphatic heterocycles. The summed E-state index contributed by atoms with van der Waals surface area (Å²) in [5, 5.41) is 4.49. The molecular weight excluding hydrogens is 275 g/mol. The molecule has 0 radical (unpaired) electrons. The molecule has 1 aliphatic rings. The molecule has 0 unspecified atom stereocenters. The van der Waals surface area contributed by atoms with Gasteiger partial charge in [-0.3, -0.25) is 0 Å². The third-order valence-electron chi connectivity index (χ3n) is 4.74. The van der Waals surface area contributed by atoms with E-state index in [0.717, 1.165) is 11.2 Å². The van der Waals surface area contributed by atoms with Crippen LogP contribution >= 0.6 is 0 Å². The van der Waals surface area contributed by atoms with Crippen LogP contribution in [0.25, 0.3) is 5.69 Å². The molecule has 1 fully saturated rings. The highest BCUT2D eigenvalue weighted by Crippen LogP contribution is 2.36. The Morgan fingerprint density at radius 2 is 1.68 bits per heavy atom. The van der Waals surface area contributed by atoms with Gasteiger partial charge in [-0.05, 0) is 58.7 Å². The first-order chi connectivity index (χ1) is 10.2. The van der Waals surface area contributed by atoms with E-state index in [1.54, 1.807) is 0 Å². The Morgan fingerprint density at radius 1 is 1.05 bits per heavy atom. The molecule has 0 spiro atoms. The van der Waals surface area contributed by atoms with Crippen molar-refractivity contribution in [3.05, 3.63) is 41.7 Å². The van der Waals surface area contributed by atoms with E-state index >= 15 is 0 Å². The molecule has 2 heterocycles. The van der Waals surface area contributed by atoms with E-state index in [1.165, 1.54) is 11.1 Å². The van der Waals surface area contributed by atoms with Gasteiger partial charge in [-0.2, -0.15) is 5.10 Å². The van der Waals surface area contributed by atoms with Gasteiger partial charge in [0.1, 0.15) is 0 Å². The van der Waals surface area contributed by atoms with Crippen molar-refractivity contribution in [2.45, 2.75) is 52.7 Å². The summed E-state index contributed by atoms with van der Waals surface area (Å²) in [5.74, 6) is 0. The van der Waals surface area contributed by atoms with Crippen LogP contribution in [-0.4, -0.2) is 28.1 Å². The zero-order valence-electron chi connectivity index (χ0n) is 14.2. The Kier molecular flexibility index (Phi) is 3.46. The maximum Gasteiger partial charge on any atom is 0.498 e. The number of aromatic nitrogens is 2. The second-order valence-electron chi connectivity index (χ2n) is 7.10. The molecule has 0 saturated carbocycles. The van der Waals surface area contributed by atoms with Crippen molar-refractivity contribution in [2.24, 2.45) is 0 Å². The van der Waals surface area contributed by atoms with Gasteiger partial charge >= 0.3 is 7.12 Å². The van der Waals surface area contributed by atoms with Crippen LogP contribution in [0.5, 0.6) is 0 Å². The van der Waals surface area contributed by atoms with Crippen molar-refractivity contribution in [1.29, 1.82) is 0 Å². The second kappa shape index (κ2) is 4.96.